The zero-order valence-electron chi connectivity index (χ0n) is 9.78. The molecule has 0 fully saturated rings. The van der Waals surface area contributed by atoms with Crippen molar-refractivity contribution in [3.05, 3.63) is 52.1 Å². The fraction of sp³-hybridized carbons (Fsp3) is 0.154. The van der Waals surface area contributed by atoms with Gasteiger partial charge in [0.15, 0.2) is 0 Å². The summed E-state index contributed by atoms with van der Waals surface area (Å²) in [5.41, 5.74) is 1.08. The van der Waals surface area contributed by atoms with E-state index in [1.54, 1.807) is 24.4 Å². The van der Waals surface area contributed by atoms with E-state index < -0.39 is 0 Å². The molecule has 5 heteroatoms. The molecule has 0 spiro atoms. The van der Waals surface area contributed by atoms with Crippen molar-refractivity contribution in [3.63, 3.8) is 0 Å². The van der Waals surface area contributed by atoms with Crippen LogP contribution in [0.1, 0.15) is 5.56 Å². The molecular formula is C13H12Cl2N2O. The third-order valence-corrected chi connectivity index (χ3v) is 2.84. The Morgan fingerprint density at radius 2 is 2.06 bits per heavy atom. The van der Waals surface area contributed by atoms with Crippen LogP contribution in [0.2, 0.25) is 10.0 Å². The normalized spacial score (nSPS) is 10.4. The molecule has 0 atom stereocenters. The van der Waals surface area contributed by atoms with Gasteiger partial charge in [0.05, 0.1) is 5.02 Å². The van der Waals surface area contributed by atoms with Gasteiger partial charge in [-0.05, 0) is 30.8 Å². The van der Waals surface area contributed by atoms with Crippen LogP contribution in [-0.2, 0) is 6.54 Å². The van der Waals surface area contributed by atoms with Crippen LogP contribution in [0.5, 0.6) is 11.6 Å². The van der Waals surface area contributed by atoms with Gasteiger partial charge in [-0.25, -0.2) is 4.98 Å². The molecule has 1 N–H and O–H groups in total. The molecule has 0 aliphatic heterocycles. The molecule has 3 nitrogen and oxygen atoms in total. The second-order valence-electron chi connectivity index (χ2n) is 3.71. The summed E-state index contributed by atoms with van der Waals surface area (Å²) in [5.74, 6) is 0.991. The topological polar surface area (TPSA) is 34.2 Å². The molecule has 2 aromatic rings. The van der Waals surface area contributed by atoms with Gasteiger partial charge < -0.3 is 10.1 Å². The molecule has 18 heavy (non-hydrogen) atoms. The monoisotopic (exact) mass is 282 g/mol. The molecule has 1 aromatic carbocycles. The number of nitrogens with zero attached hydrogens (tertiary/aromatic N) is 1. The predicted octanol–water partition coefficient (Wildman–Crippen LogP) is 3.90. The lowest BCUT2D eigenvalue weighted by Crippen LogP contribution is -2.05. The molecule has 0 unspecified atom stereocenters. The number of benzene rings is 1. The fourth-order valence-corrected chi connectivity index (χ4v) is 1.81. The van der Waals surface area contributed by atoms with Gasteiger partial charge in [0.1, 0.15) is 5.75 Å². The van der Waals surface area contributed by atoms with Crippen molar-refractivity contribution in [2.45, 2.75) is 6.54 Å². The minimum atomic E-state index is 0.493. The summed E-state index contributed by atoms with van der Waals surface area (Å²) in [7, 11) is 1.88. The summed E-state index contributed by atoms with van der Waals surface area (Å²) in [5, 5.41) is 4.14. The number of halogens is 2. The average Bonchev–Trinajstić information content (AvgIpc) is 2.35. The van der Waals surface area contributed by atoms with Crippen LogP contribution in [0.25, 0.3) is 0 Å². The van der Waals surface area contributed by atoms with Gasteiger partial charge in [-0.1, -0.05) is 23.2 Å². The van der Waals surface area contributed by atoms with Gasteiger partial charge in [0.25, 0.3) is 0 Å². The number of ether oxygens (including phenoxy) is 1. The van der Waals surface area contributed by atoms with Gasteiger partial charge in [0.2, 0.25) is 5.88 Å². The smallest absolute Gasteiger partial charge is 0.219 e. The van der Waals surface area contributed by atoms with E-state index in [-0.39, 0.29) is 0 Å². The lowest BCUT2D eigenvalue weighted by molar-refractivity contribution is 0.462. The highest BCUT2D eigenvalue weighted by molar-refractivity contribution is 6.34. The molecule has 0 aliphatic carbocycles. The lowest BCUT2D eigenvalue weighted by Gasteiger charge is -2.08. The second kappa shape index (κ2) is 6.05. The van der Waals surface area contributed by atoms with Gasteiger partial charge in [-0.2, -0.15) is 0 Å². The second-order valence-corrected chi connectivity index (χ2v) is 4.55. The third-order valence-electron chi connectivity index (χ3n) is 2.29. The number of nitrogens with one attached hydrogen (secondary N) is 1. The first-order valence-electron chi connectivity index (χ1n) is 5.41. The molecule has 1 aromatic heterocycles. The maximum absolute atomic E-state index is 6.02. The van der Waals surface area contributed by atoms with E-state index in [0.717, 1.165) is 12.1 Å². The highest BCUT2D eigenvalue weighted by atomic mass is 35.5. The summed E-state index contributed by atoms with van der Waals surface area (Å²) < 4.78 is 5.62. The Kier molecular flexibility index (Phi) is 4.42. The predicted molar refractivity (Wildman–Crippen MR) is 73.5 cm³/mol. The van der Waals surface area contributed by atoms with Crippen molar-refractivity contribution in [1.82, 2.24) is 10.3 Å². The van der Waals surface area contributed by atoms with Gasteiger partial charge >= 0.3 is 0 Å². The average molecular weight is 283 g/mol. The summed E-state index contributed by atoms with van der Waals surface area (Å²) in [6, 6.07) is 8.84. The largest absolute Gasteiger partial charge is 0.437 e. The van der Waals surface area contributed by atoms with E-state index in [9.17, 15) is 0 Å². The SMILES string of the molecule is CNCc1ccnc(Oc2cc(Cl)ccc2Cl)c1. The quantitative estimate of drug-likeness (QED) is 0.924. The van der Waals surface area contributed by atoms with Crippen molar-refractivity contribution in [1.29, 1.82) is 0 Å². The Morgan fingerprint density at radius 1 is 1.22 bits per heavy atom. The zero-order valence-corrected chi connectivity index (χ0v) is 11.3. The van der Waals surface area contributed by atoms with E-state index in [1.807, 2.05) is 19.2 Å². The van der Waals surface area contributed by atoms with Crippen LogP contribution in [0.3, 0.4) is 0 Å². The summed E-state index contributed by atoms with van der Waals surface area (Å²) in [6.45, 7) is 0.752. The van der Waals surface area contributed by atoms with Crippen molar-refractivity contribution in [3.8, 4) is 11.6 Å². The summed E-state index contributed by atoms with van der Waals surface area (Å²) in [6.07, 6.45) is 1.69. The molecular weight excluding hydrogens is 271 g/mol. The highest BCUT2D eigenvalue weighted by Crippen LogP contribution is 2.31. The number of hydrogen-bond donors (Lipinski definition) is 1. The van der Waals surface area contributed by atoms with Crippen LogP contribution >= 0.6 is 23.2 Å². The van der Waals surface area contributed by atoms with E-state index >= 15 is 0 Å². The van der Waals surface area contributed by atoms with Crippen LogP contribution < -0.4 is 10.1 Å². The molecule has 1 heterocycles. The Balaban J connectivity index is 2.22. The Hall–Kier alpha value is -1.29. The van der Waals surface area contributed by atoms with Crippen LogP contribution in [0.15, 0.2) is 36.5 Å². The highest BCUT2D eigenvalue weighted by Gasteiger charge is 2.05. The lowest BCUT2D eigenvalue weighted by atomic mass is 10.2. The molecule has 0 saturated carbocycles. The molecule has 0 amide bonds. The van der Waals surface area contributed by atoms with Crippen LogP contribution in [-0.4, -0.2) is 12.0 Å². The van der Waals surface area contributed by atoms with E-state index in [2.05, 4.69) is 10.3 Å². The number of hydrogen-bond acceptors (Lipinski definition) is 3. The molecule has 0 aliphatic rings. The Bertz CT molecular complexity index is 546. The molecule has 94 valence electrons. The molecule has 2 rings (SSSR count). The molecule has 0 saturated heterocycles. The minimum absolute atomic E-state index is 0.493. The van der Waals surface area contributed by atoms with E-state index in [1.165, 1.54) is 0 Å². The first-order valence-corrected chi connectivity index (χ1v) is 6.17. The van der Waals surface area contributed by atoms with E-state index in [0.29, 0.717) is 21.7 Å². The van der Waals surface area contributed by atoms with Crippen LogP contribution in [0, 0.1) is 0 Å². The maximum atomic E-state index is 6.02. The van der Waals surface area contributed by atoms with Crippen molar-refractivity contribution >= 4 is 23.2 Å². The van der Waals surface area contributed by atoms with Gasteiger partial charge in [-0.3, -0.25) is 0 Å². The zero-order chi connectivity index (χ0) is 13.0. The van der Waals surface area contributed by atoms with Crippen molar-refractivity contribution in [2.24, 2.45) is 0 Å². The first kappa shape index (κ1) is 13.1. The van der Waals surface area contributed by atoms with Crippen molar-refractivity contribution in [2.75, 3.05) is 7.05 Å². The summed E-state index contributed by atoms with van der Waals surface area (Å²) >= 11 is 11.9. The Morgan fingerprint density at radius 3 is 2.83 bits per heavy atom. The number of pyridine rings is 1. The minimum Gasteiger partial charge on any atom is -0.437 e. The first-order chi connectivity index (χ1) is 8.69. The van der Waals surface area contributed by atoms with Crippen molar-refractivity contribution < 1.29 is 4.74 Å². The molecule has 0 radical (unpaired) electrons. The fourth-order valence-electron chi connectivity index (χ4n) is 1.49. The van der Waals surface area contributed by atoms with E-state index in [4.69, 9.17) is 27.9 Å². The van der Waals surface area contributed by atoms with Gasteiger partial charge in [0, 0.05) is 29.9 Å². The Labute approximate surface area is 116 Å². The summed E-state index contributed by atoms with van der Waals surface area (Å²) in [4.78, 5) is 4.14. The molecule has 0 bridgehead atoms. The number of rotatable bonds is 4. The number of aromatic nitrogens is 1. The van der Waals surface area contributed by atoms with Crippen LogP contribution in [0.4, 0.5) is 0 Å². The third kappa shape index (κ3) is 3.35. The maximum Gasteiger partial charge on any atom is 0.219 e. The van der Waals surface area contributed by atoms with Gasteiger partial charge in [-0.15, -0.1) is 0 Å². The standard InChI is InChI=1S/C13H12Cl2N2O/c1-16-8-9-4-5-17-13(6-9)18-12-7-10(14)2-3-11(12)15/h2-7,16H,8H2,1H3.